The molecule has 3 fully saturated rings. The molecule has 0 aromatic heterocycles. The van der Waals surface area contributed by atoms with Gasteiger partial charge < -0.3 is 14.6 Å². The molecule has 0 unspecified atom stereocenters. The van der Waals surface area contributed by atoms with Gasteiger partial charge in [-0.3, -0.25) is 0 Å². The summed E-state index contributed by atoms with van der Waals surface area (Å²) >= 11 is 5.75. The summed E-state index contributed by atoms with van der Waals surface area (Å²) in [7, 11) is 0. The second-order valence-electron chi connectivity index (χ2n) is 16.0. The first kappa shape index (κ1) is 35.3. The number of halogens is 1. The van der Waals surface area contributed by atoms with E-state index in [0.717, 1.165) is 48.3 Å². The molecule has 4 aliphatic carbocycles. The summed E-state index contributed by atoms with van der Waals surface area (Å²) in [6.45, 7) is 18.0. The molecule has 0 heterocycles. The number of allylic oxidation sites excluding steroid dienone is 1. The first-order chi connectivity index (χ1) is 20.7. The van der Waals surface area contributed by atoms with Crippen LogP contribution < -0.4 is 4.74 Å². The molecule has 5 rings (SSSR count). The highest BCUT2D eigenvalue weighted by molar-refractivity contribution is 6.30. The van der Waals surface area contributed by atoms with Crippen molar-refractivity contribution < 1.29 is 19.4 Å². The van der Waals surface area contributed by atoms with Crippen molar-refractivity contribution in [1.82, 2.24) is 0 Å². The second-order valence-corrected chi connectivity index (χ2v) is 16.4. The van der Waals surface area contributed by atoms with Crippen LogP contribution in [0.15, 0.2) is 35.9 Å². The molecule has 4 aliphatic rings. The first-order valence-corrected chi connectivity index (χ1v) is 18.1. The van der Waals surface area contributed by atoms with Gasteiger partial charge in [0.15, 0.2) is 5.60 Å². The molecule has 248 valence electrons. The maximum Gasteiger partial charge on any atom is 0.349 e. The molecular weight excluding hydrogens is 568 g/mol. The standard InChI is InChI=1S/C27H46O.C12H15ClO3/c1-18(2)7-6-8-19(3)23-11-12-24-22-10-9-20-17-21(28)13-15-26(20,4)25(22)14-16-27(23,24)5;1-4-15-11(14)12(2,3)16-10-7-5-9(13)6-8-10/h9,18-19,21-25,28H,6-8,10-17H2,1-5H3;5-8H,4H2,1-3H3/t19-,21+,22+,23-,24+,25+,26+,27-;/m1./s1. The van der Waals surface area contributed by atoms with Gasteiger partial charge in [-0.05, 0) is 143 Å². The number of aliphatic hydroxyl groups is 1. The molecule has 3 saturated carbocycles. The Morgan fingerprint density at radius 1 is 1.02 bits per heavy atom. The fraction of sp³-hybridized carbons (Fsp3) is 0.769. The van der Waals surface area contributed by atoms with Crippen molar-refractivity contribution in [1.29, 1.82) is 0 Å². The Bertz CT molecular complexity index is 1130. The van der Waals surface area contributed by atoms with Crippen molar-refractivity contribution in [2.24, 2.45) is 46.3 Å². The van der Waals surface area contributed by atoms with Crippen LogP contribution in [0.25, 0.3) is 0 Å². The lowest BCUT2D eigenvalue weighted by atomic mass is 9.47. The van der Waals surface area contributed by atoms with E-state index in [1.54, 1.807) is 50.6 Å². The summed E-state index contributed by atoms with van der Waals surface area (Å²) in [5, 5.41) is 10.8. The zero-order valence-electron chi connectivity index (χ0n) is 29.0. The molecule has 0 spiro atoms. The maximum atomic E-state index is 11.6. The van der Waals surface area contributed by atoms with Gasteiger partial charge in [-0.1, -0.05) is 77.1 Å². The second kappa shape index (κ2) is 14.5. The quantitative estimate of drug-likeness (QED) is 0.218. The van der Waals surface area contributed by atoms with E-state index in [9.17, 15) is 9.90 Å². The molecule has 4 nitrogen and oxygen atoms in total. The maximum absolute atomic E-state index is 11.6. The van der Waals surface area contributed by atoms with Gasteiger partial charge in [-0.15, -0.1) is 0 Å². The van der Waals surface area contributed by atoms with Crippen LogP contribution in [0.4, 0.5) is 0 Å². The van der Waals surface area contributed by atoms with Gasteiger partial charge in [0.1, 0.15) is 5.75 Å². The Hall–Kier alpha value is -1.52. The summed E-state index contributed by atoms with van der Waals surface area (Å²) in [6, 6.07) is 6.84. The molecular formula is C39H61ClO4. The van der Waals surface area contributed by atoms with Gasteiger partial charge in [0, 0.05) is 5.02 Å². The molecule has 44 heavy (non-hydrogen) atoms. The van der Waals surface area contributed by atoms with E-state index in [1.807, 2.05) is 0 Å². The van der Waals surface area contributed by atoms with Crippen molar-refractivity contribution in [3.8, 4) is 5.75 Å². The van der Waals surface area contributed by atoms with E-state index in [4.69, 9.17) is 21.1 Å². The number of esters is 1. The molecule has 0 amide bonds. The van der Waals surface area contributed by atoms with Crippen LogP contribution in [0.1, 0.15) is 126 Å². The van der Waals surface area contributed by atoms with E-state index in [1.165, 1.54) is 57.8 Å². The lowest BCUT2D eigenvalue weighted by molar-refractivity contribution is -0.158. The Labute approximate surface area is 273 Å². The van der Waals surface area contributed by atoms with Crippen molar-refractivity contribution in [3.05, 3.63) is 40.9 Å². The predicted molar refractivity (Wildman–Crippen MR) is 182 cm³/mol. The average Bonchev–Trinajstić information content (AvgIpc) is 3.32. The van der Waals surface area contributed by atoms with Crippen LogP contribution in [0.3, 0.4) is 0 Å². The zero-order chi connectivity index (χ0) is 32.3. The van der Waals surface area contributed by atoms with Gasteiger partial charge in [-0.2, -0.15) is 0 Å². The molecule has 1 N–H and O–H groups in total. The Morgan fingerprint density at radius 3 is 2.39 bits per heavy atom. The fourth-order valence-electron chi connectivity index (χ4n) is 9.81. The first-order valence-electron chi connectivity index (χ1n) is 17.7. The van der Waals surface area contributed by atoms with Crippen molar-refractivity contribution in [2.45, 2.75) is 138 Å². The lowest BCUT2D eigenvalue weighted by Gasteiger charge is -2.58. The summed E-state index contributed by atoms with van der Waals surface area (Å²) in [5.41, 5.74) is 1.61. The van der Waals surface area contributed by atoms with E-state index in [0.29, 0.717) is 28.2 Å². The third-order valence-electron chi connectivity index (χ3n) is 12.2. The van der Waals surface area contributed by atoms with Gasteiger partial charge in [0.05, 0.1) is 12.7 Å². The normalized spacial score (nSPS) is 33.6. The van der Waals surface area contributed by atoms with E-state index in [-0.39, 0.29) is 12.1 Å². The van der Waals surface area contributed by atoms with Crippen LogP contribution in [-0.4, -0.2) is 29.4 Å². The summed E-state index contributed by atoms with van der Waals surface area (Å²) < 4.78 is 10.5. The Morgan fingerprint density at radius 2 is 1.73 bits per heavy atom. The summed E-state index contributed by atoms with van der Waals surface area (Å²) in [4.78, 5) is 11.6. The molecule has 1 aromatic rings. The topological polar surface area (TPSA) is 55.8 Å². The number of carbonyl (C=O) groups is 1. The molecule has 5 heteroatoms. The minimum absolute atomic E-state index is 0.0766. The van der Waals surface area contributed by atoms with Gasteiger partial charge in [0.2, 0.25) is 0 Å². The van der Waals surface area contributed by atoms with Gasteiger partial charge in [-0.25, -0.2) is 4.79 Å². The zero-order valence-corrected chi connectivity index (χ0v) is 29.7. The average molecular weight is 629 g/mol. The largest absolute Gasteiger partial charge is 0.476 e. The van der Waals surface area contributed by atoms with Gasteiger partial charge >= 0.3 is 5.97 Å². The Kier molecular flexibility index (Phi) is 11.6. The summed E-state index contributed by atoms with van der Waals surface area (Å²) in [5.74, 6) is 5.66. The number of rotatable bonds is 9. The molecule has 1 aromatic carbocycles. The number of hydrogen-bond donors (Lipinski definition) is 1. The van der Waals surface area contributed by atoms with Crippen molar-refractivity contribution in [2.75, 3.05) is 6.61 Å². The highest BCUT2D eigenvalue weighted by Gasteiger charge is 2.59. The minimum Gasteiger partial charge on any atom is -0.476 e. The molecule has 0 bridgehead atoms. The predicted octanol–water partition coefficient (Wildman–Crippen LogP) is 10.4. The van der Waals surface area contributed by atoms with Crippen LogP contribution in [0.2, 0.25) is 5.02 Å². The SMILES string of the molecule is CC(C)CCC[C@@H](C)[C@H]1CC[C@H]2[C@@H]3CC=C4C[C@@H](O)CC[C@]4(C)[C@H]3CC[C@]12C.CCOC(=O)C(C)(C)Oc1ccc(Cl)cc1. The minimum atomic E-state index is -0.996. The number of benzene rings is 1. The monoisotopic (exact) mass is 628 g/mol. The highest BCUT2D eigenvalue weighted by atomic mass is 35.5. The molecule has 0 radical (unpaired) electrons. The summed E-state index contributed by atoms with van der Waals surface area (Å²) in [6.07, 6.45) is 17.2. The number of carbonyl (C=O) groups excluding carboxylic acids is 1. The lowest BCUT2D eigenvalue weighted by Crippen LogP contribution is -2.50. The number of hydrogen-bond acceptors (Lipinski definition) is 4. The van der Waals surface area contributed by atoms with E-state index < -0.39 is 5.60 Å². The van der Waals surface area contributed by atoms with Crippen LogP contribution in [0, 0.1) is 46.3 Å². The number of fused-ring (bicyclic) bond motifs is 5. The van der Waals surface area contributed by atoms with E-state index in [2.05, 4.69) is 40.7 Å². The van der Waals surface area contributed by atoms with E-state index >= 15 is 0 Å². The third kappa shape index (κ3) is 7.71. The molecule has 0 saturated heterocycles. The highest BCUT2D eigenvalue weighted by Crippen LogP contribution is 2.67. The van der Waals surface area contributed by atoms with Crippen molar-refractivity contribution in [3.63, 3.8) is 0 Å². The van der Waals surface area contributed by atoms with Gasteiger partial charge in [0.25, 0.3) is 0 Å². The number of aliphatic hydroxyl groups excluding tert-OH is 1. The van der Waals surface area contributed by atoms with Crippen LogP contribution >= 0.6 is 11.6 Å². The molecule has 8 atom stereocenters. The third-order valence-corrected chi connectivity index (χ3v) is 12.5. The smallest absolute Gasteiger partial charge is 0.349 e. The Balaban J connectivity index is 0.000000236. The number of ether oxygens (including phenoxy) is 2. The van der Waals surface area contributed by atoms with Crippen LogP contribution in [-0.2, 0) is 9.53 Å². The van der Waals surface area contributed by atoms with Crippen LogP contribution in [0.5, 0.6) is 5.75 Å². The van der Waals surface area contributed by atoms with Crippen molar-refractivity contribution >= 4 is 17.6 Å². The molecule has 0 aliphatic heterocycles. The fourth-order valence-corrected chi connectivity index (χ4v) is 9.94.